The molecule has 0 aliphatic carbocycles. The molecule has 0 radical (unpaired) electrons. The largest absolute Gasteiger partial charge is 0.493 e. The monoisotopic (exact) mass is 268 g/mol. The van der Waals surface area contributed by atoms with Crippen LogP contribution in [0.5, 0.6) is 11.5 Å². The molecule has 0 spiro atoms. The molecular weight excluding hydrogens is 248 g/mol. The minimum atomic E-state index is -0.907. The Balaban J connectivity index is 2.03. The smallest absolute Gasteiger partial charge is 0.189 e. The third kappa shape index (κ3) is 3.59. The fourth-order valence-electron chi connectivity index (χ4n) is 2.08. The van der Waals surface area contributed by atoms with Crippen molar-refractivity contribution >= 4 is 0 Å². The first-order valence-electron chi connectivity index (χ1n) is 6.46. The van der Waals surface area contributed by atoms with Crippen LogP contribution in [-0.4, -0.2) is 38.3 Å². The van der Waals surface area contributed by atoms with Crippen molar-refractivity contribution in [3.05, 3.63) is 23.8 Å². The Kier molecular flexibility index (Phi) is 5.01. The van der Waals surface area contributed by atoms with E-state index in [1.807, 2.05) is 25.1 Å². The summed E-state index contributed by atoms with van der Waals surface area (Å²) >= 11 is 0. The second kappa shape index (κ2) is 6.75. The van der Waals surface area contributed by atoms with Crippen molar-refractivity contribution in [1.82, 2.24) is 0 Å². The van der Waals surface area contributed by atoms with E-state index < -0.39 is 6.29 Å². The summed E-state index contributed by atoms with van der Waals surface area (Å²) in [6.45, 7) is 3.04. The van der Waals surface area contributed by atoms with E-state index in [0.29, 0.717) is 19.0 Å². The molecular formula is C14H20O5. The van der Waals surface area contributed by atoms with Crippen molar-refractivity contribution in [2.75, 3.05) is 26.9 Å². The summed E-state index contributed by atoms with van der Waals surface area (Å²) in [5.74, 6) is 1.50. The highest BCUT2D eigenvalue weighted by Crippen LogP contribution is 2.36. The number of hydrogen-bond donors (Lipinski definition) is 1. The first-order chi connectivity index (χ1) is 9.24. The maximum absolute atomic E-state index is 9.45. The summed E-state index contributed by atoms with van der Waals surface area (Å²) < 4.78 is 21.5. The predicted molar refractivity (Wildman–Crippen MR) is 69.4 cm³/mol. The zero-order valence-corrected chi connectivity index (χ0v) is 11.3. The van der Waals surface area contributed by atoms with Crippen LogP contribution in [0.25, 0.3) is 0 Å². The Labute approximate surface area is 113 Å². The third-order valence-electron chi connectivity index (χ3n) is 3.00. The molecule has 2 atom stereocenters. The molecule has 5 heteroatoms. The van der Waals surface area contributed by atoms with Crippen LogP contribution in [0.2, 0.25) is 0 Å². The van der Waals surface area contributed by atoms with Crippen LogP contribution in [0.15, 0.2) is 18.2 Å². The SMILES string of the molecule is CCOC(O)COc1ccc2c(c1)C(OC)CCO2. The lowest BCUT2D eigenvalue weighted by atomic mass is 10.0. The van der Waals surface area contributed by atoms with Gasteiger partial charge in [0.1, 0.15) is 18.1 Å². The number of ether oxygens (including phenoxy) is 4. The van der Waals surface area contributed by atoms with Crippen molar-refractivity contribution in [3.63, 3.8) is 0 Å². The van der Waals surface area contributed by atoms with Gasteiger partial charge in [0.2, 0.25) is 0 Å². The van der Waals surface area contributed by atoms with E-state index in [0.717, 1.165) is 17.7 Å². The highest BCUT2D eigenvalue weighted by molar-refractivity contribution is 5.42. The normalized spacial score (nSPS) is 19.4. The lowest BCUT2D eigenvalue weighted by molar-refractivity contribution is -0.115. The van der Waals surface area contributed by atoms with Gasteiger partial charge in [-0.05, 0) is 25.1 Å². The second-order valence-corrected chi connectivity index (χ2v) is 4.28. The molecule has 5 nitrogen and oxygen atoms in total. The van der Waals surface area contributed by atoms with Gasteiger partial charge >= 0.3 is 0 Å². The fourth-order valence-corrected chi connectivity index (χ4v) is 2.08. The van der Waals surface area contributed by atoms with Crippen LogP contribution >= 0.6 is 0 Å². The lowest BCUT2D eigenvalue weighted by Crippen LogP contribution is -2.21. The van der Waals surface area contributed by atoms with Crippen LogP contribution < -0.4 is 9.47 Å². The summed E-state index contributed by atoms with van der Waals surface area (Å²) in [6.07, 6.45) is -0.0475. The molecule has 19 heavy (non-hydrogen) atoms. The molecule has 2 unspecified atom stereocenters. The van der Waals surface area contributed by atoms with E-state index in [2.05, 4.69) is 0 Å². The van der Waals surface area contributed by atoms with Gasteiger partial charge < -0.3 is 24.1 Å². The van der Waals surface area contributed by atoms with Crippen LogP contribution in [0, 0.1) is 0 Å². The van der Waals surface area contributed by atoms with Gasteiger partial charge in [0.15, 0.2) is 6.29 Å². The van der Waals surface area contributed by atoms with E-state index in [1.54, 1.807) is 7.11 Å². The van der Waals surface area contributed by atoms with Gasteiger partial charge in [0, 0.05) is 25.7 Å². The molecule has 1 aliphatic rings. The molecule has 106 valence electrons. The van der Waals surface area contributed by atoms with Gasteiger partial charge in [-0.2, -0.15) is 0 Å². The highest BCUT2D eigenvalue weighted by atomic mass is 16.6. The number of aliphatic hydroxyl groups is 1. The minimum Gasteiger partial charge on any atom is -0.493 e. The van der Waals surface area contributed by atoms with E-state index in [-0.39, 0.29) is 12.7 Å². The van der Waals surface area contributed by atoms with Crippen LogP contribution in [0.1, 0.15) is 25.0 Å². The van der Waals surface area contributed by atoms with Crippen molar-refractivity contribution in [3.8, 4) is 11.5 Å². The number of rotatable bonds is 6. The van der Waals surface area contributed by atoms with Gasteiger partial charge in [-0.3, -0.25) is 0 Å². The number of benzene rings is 1. The third-order valence-corrected chi connectivity index (χ3v) is 3.00. The highest BCUT2D eigenvalue weighted by Gasteiger charge is 2.21. The molecule has 1 aliphatic heterocycles. The standard InChI is InChI=1S/C14H20O5/c1-3-17-14(15)9-19-10-4-5-13-11(8-10)12(16-2)6-7-18-13/h4-5,8,12,14-15H,3,6-7,9H2,1-2H3. The molecule has 0 fully saturated rings. The summed E-state index contributed by atoms with van der Waals surface area (Å²) in [7, 11) is 1.69. The Bertz CT molecular complexity index is 407. The average molecular weight is 268 g/mol. The molecule has 1 aromatic rings. The molecule has 1 heterocycles. The van der Waals surface area contributed by atoms with E-state index in [4.69, 9.17) is 18.9 Å². The van der Waals surface area contributed by atoms with E-state index in [1.165, 1.54) is 0 Å². The first-order valence-corrected chi connectivity index (χ1v) is 6.46. The van der Waals surface area contributed by atoms with Gasteiger partial charge in [-0.25, -0.2) is 0 Å². The molecule has 2 rings (SSSR count). The van der Waals surface area contributed by atoms with Gasteiger partial charge in [-0.15, -0.1) is 0 Å². The summed E-state index contributed by atoms with van der Waals surface area (Å²) in [4.78, 5) is 0. The average Bonchev–Trinajstić information content (AvgIpc) is 2.44. The van der Waals surface area contributed by atoms with Crippen molar-refractivity contribution < 1.29 is 24.1 Å². The van der Waals surface area contributed by atoms with Crippen molar-refractivity contribution in [2.45, 2.75) is 25.7 Å². The Morgan fingerprint density at radius 3 is 3.05 bits per heavy atom. The lowest BCUT2D eigenvalue weighted by Gasteiger charge is -2.25. The number of hydrogen-bond acceptors (Lipinski definition) is 5. The van der Waals surface area contributed by atoms with Crippen molar-refractivity contribution in [1.29, 1.82) is 0 Å². The Morgan fingerprint density at radius 1 is 1.47 bits per heavy atom. The van der Waals surface area contributed by atoms with E-state index >= 15 is 0 Å². The maximum atomic E-state index is 9.45. The molecule has 1 N–H and O–H groups in total. The molecule has 0 aromatic heterocycles. The summed E-state index contributed by atoms with van der Waals surface area (Å²) in [5.41, 5.74) is 0.983. The zero-order chi connectivity index (χ0) is 13.7. The van der Waals surface area contributed by atoms with Gasteiger partial charge in [0.05, 0.1) is 12.7 Å². The quantitative estimate of drug-likeness (QED) is 0.798. The molecule has 0 amide bonds. The molecule has 0 saturated carbocycles. The molecule has 0 bridgehead atoms. The van der Waals surface area contributed by atoms with Crippen LogP contribution in [0.3, 0.4) is 0 Å². The summed E-state index contributed by atoms with van der Waals surface area (Å²) in [6, 6.07) is 5.57. The van der Waals surface area contributed by atoms with Crippen LogP contribution in [0.4, 0.5) is 0 Å². The number of methoxy groups -OCH3 is 1. The summed E-state index contributed by atoms with van der Waals surface area (Å²) in [5, 5.41) is 9.45. The van der Waals surface area contributed by atoms with E-state index in [9.17, 15) is 5.11 Å². The predicted octanol–water partition coefficient (Wildman–Crippen LogP) is 1.89. The van der Waals surface area contributed by atoms with Gasteiger partial charge in [-0.1, -0.05) is 0 Å². The topological polar surface area (TPSA) is 57.2 Å². The second-order valence-electron chi connectivity index (χ2n) is 4.28. The van der Waals surface area contributed by atoms with Crippen molar-refractivity contribution in [2.24, 2.45) is 0 Å². The van der Waals surface area contributed by atoms with Crippen LogP contribution in [-0.2, 0) is 9.47 Å². The maximum Gasteiger partial charge on any atom is 0.189 e. The Hall–Kier alpha value is -1.30. The first kappa shape index (κ1) is 14.1. The fraction of sp³-hybridized carbons (Fsp3) is 0.571. The Morgan fingerprint density at radius 2 is 2.32 bits per heavy atom. The number of fused-ring (bicyclic) bond motifs is 1. The zero-order valence-electron chi connectivity index (χ0n) is 11.3. The number of aliphatic hydroxyl groups excluding tert-OH is 1. The van der Waals surface area contributed by atoms with Gasteiger partial charge in [0.25, 0.3) is 0 Å². The molecule has 1 aromatic carbocycles. The molecule has 0 saturated heterocycles. The minimum absolute atomic E-state index is 0.0316.